The van der Waals surface area contributed by atoms with Gasteiger partial charge in [-0.25, -0.2) is 14.1 Å². The lowest BCUT2D eigenvalue weighted by Gasteiger charge is -2.43. The second kappa shape index (κ2) is 10.9. The Balaban J connectivity index is 1.32. The van der Waals surface area contributed by atoms with Crippen molar-refractivity contribution < 1.29 is 37.3 Å². The number of thiazole rings is 1. The molecule has 3 aliphatic rings. The molecule has 2 amide bonds. The molecule has 20 heteroatoms. The summed E-state index contributed by atoms with van der Waals surface area (Å²) in [5, 5.41) is 25.4. The molecule has 2 saturated heterocycles. The summed E-state index contributed by atoms with van der Waals surface area (Å²) in [5.41, 5.74) is 10.1. The van der Waals surface area contributed by atoms with Gasteiger partial charge in [0, 0.05) is 43.9 Å². The second-order valence-electron chi connectivity index (χ2n) is 10.0. The predicted octanol–water partition coefficient (Wildman–Crippen LogP) is -2.22. The summed E-state index contributed by atoms with van der Waals surface area (Å²) in [6, 6.07) is -2.56. The second-order valence-corrected chi connectivity index (χ2v) is 12.2. The van der Waals surface area contributed by atoms with Crippen LogP contribution in [0, 0.1) is 0 Å². The van der Waals surface area contributed by atoms with Crippen LogP contribution in [0.1, 0.15) is 37.1 Å². The number of hydrogen-bond donors (Lipinski definition) is 5. The molecule has 1 aliphatic carbocycles. The number of anilines is 1. The molecule has 2 atom stereocenters. The van der Waals surface area contributed by atoms with E-state index >= 15 is 0 Å². The third-order valence-corrected chi connectivity index (χ3v) is 8.66. The largest absolute Gasteiger partial charge is 0.478 e. The van der Waals surface area contributed by atoms with Crippen molar-refractivity contribution in [3.8, 4) is 0 Å². The lowest BCUT2D eigenvalue weighted by Crippen LogP contribution is -2.73. The monoisotopic (exact) mass is 612 g/mol. The summed E-state index contributed by atoms with van der Waals surface area (Å²) in [5.74, 6) is -3.37. The summed E-state index contributed by atoms with van der Waals surface area (Å²) >= 11 is 0.982. The van der Waals surface area contributed by atoms with E-state index in [4.69, 9.17) is 16.3 Å². The zero-order valence-corrected chi connectivity index (χ0v) is 23.1. The van der Waals surface area contributed by atoms with Crippen molar-refractivity contribution in [1.82, 2.24) is 34.5 Å². The van der Waals surface area contributed by atoms with Gasteiger partial charge in [0.1, 0.15) is 17.8 Å². The van der Waals surface area contributed by atoms with E-state index in [1.54, 1.807) is 0 Å². The fourth-order valence-electron chi connectivity index (χ4n) is 4.54. The molecule has 2 aromatic heterocycles. The van der Waals surface area contributed by atoms with Crippen molar-refractivity contribution in [2.75, 3.05) is 18.8 Å². The van der Waals surface area contributed by atoms with Gasteiger partial charge in [-0.3, -0.25) is 19.0 Å². The first kappa shape index (κ1) is 28.8. The number of rotatable bonds is 11. The van der Waals surface area contributed by atoms with E-state index in [9.17, 15) is 32.5 Å². The van der Waals surface area contributed by atoms with Crippen LogP contribution in [0.15, 0.2) is 16.7 Å². The molecule has 7 N–H and O–H groups in total. The quantitative estimate of drug-likeness (QED) is 0.0779. The zero-order chi connectivity index (χ0) is 29.5. The highest BCUT2D eigenvalue weighted by molar-refractivity contribution is 7.84. The Morgan fingerprint density at radius 1 is 1.29 bits per heavy atom. The van der Waals surface area contributed by atoms with E-state index < -0.39 is 51.5 Å². The number of carboxylic acids is 1. The van der Waals surface area contributed by atoms with Gasteiger partial charge in [0.15, 0.2) is 10.8 Å². The maximum Gasteiger partial charge on any atom is 0.362 e. The summed E-state index contributed by atoms with van der Waals surface area (Å²) in [6.45, 7) is 1.80. The molecule has 41 heavy (non-hydrogen) atoms. The van der Waals surface area contributed by atoms with Crippen LogP contribution in [0.4, 0.5) is 5.13 Å². The number of nitrogens with one attached hydrogen (secondary N) is 1. The van der Waals surface area contributed by atoms with Crippen LogP contribution in [-0.4, -0.2) is 108 Å². The standard InChI is InChI=1S/C21H28N10O8S2/c22-11-1-5-29(6-2-11)8-12-7-24-30(27-12)9-14-16(18(33)31(14)41(36,37)38)26-17(32)15(13-10-40-20(23)25-13)28-39-21(3-4-21)19(34)35/h7,10-11,14,16H,1-6,8-9,22H2,(H2,23,25)(H,26,32)(H,34,35)(H,36,37,38)/b28-15-/t14-,16+/m1/s1. The first-order valence-corrected chi connectivity index (χ1v) is 14.8. The summed E-state index contributed by atoms with van der Waals surface area (Å²) in [6.07, 6.45) is 3.56. The first-order valence-electron chi connectivity index (χ1n) is 12.6. The van der Waals surface area contributed by atoms with Crippen LogP contribution in [-0.2, 0) is 42.6 Å². The number of β-lactam (4-membered cyclic amide) rings is 1. The molecule has 2 aliphatic heterocycles. The molecular weight excluding hydrogens is 584 g/mol. The Labute approximate surface area is 237 Å². The van der Waals surface area contributed by atoms with Gasteiger partial charge < -0.3 is 26.7 Å². The molecule has 4 heterocycles. The number of piperidine rings is 1. The molecule has 5 rings (SSSR count). The van der Waals surface area contributed by atoms with Gasteiger partial charge in [0.2, 0.25) is 5.60 Å². The molecule has 1 saturated carbocycles. The van der Waals surface area contributed by atoms with E-state index in [0.29, 0.717) is 12.2 Å². The minimum atomic E-state index is -4.98. The summed E-state index contributed by atoms with van der Waals surface area (Å²) in [7, 11) is -4.98. The lowest BCUT2D eigenvalue weighted by atomic mass is 9.98. The van der Waals surface area contributed by atoms with E-state index in [0.717, 1.165) is 37.3 Å². The van der Waals surface area contributed by atoms with Gasteiger partial charge in [-0.1, -0.05) is 5.16 Å². The van der Waals surface area contributed by atoms with Gasteiger partial charge in [-0.2, -0.15) is 23.4 Å². The molecule has 3 fully saturated rings. The van der Waals surface area contributed by atoms with Crippen molar-refractivity contribution in [3.05, 3.63) is 23.0 Å². The number of likely N-dealkylation sites (tertiary alicyclic amines) is 1. The summed E-state index contributed by atoms with van der Waals surface area (Å²) < 4.78 is 33.8. The highest BCUT2D eigenvalue weighted by atomic mass is 32.2. The number of hydrogen-bond acceptors (Lipinski definition) is 14. The Morgan fingerprint density at radius 2 is 2.00 bits per heavy atom. The Kier molecular flexibility index (Phi) is 7.68. The SMILES string of the molecule is Nc1nc(/C(=N/OC2(C(=O)O)CC2)C(=O)N[C@@H]2C(=O)N(S(=O)(=O)O)[C@@H]2Cn2ncc(CN3CCC(N)CC3)n2)cs1. The molecule has 2 aromatic rings. The third-order valence-electron chi connectivity index (χ3n) is 7.04. The summed E-state index contributed by atoms with van der Waals surface area (Å²) in [4.78, 5) is 49.9. The number of oxime groups is 1. The van der Waals surface area contributed by atoms with Crippen molar-refractivity contribution in [1.29, 1.82) is 0 Å². The van der Waals surface area contributed by atoms with E-state index in [-0.39, 0.29) is 40.6 Å². The minimum absolute atomic E-state index is 0.0433. The molecule has 0 aromatic carbocycles. The Bertz CT molecular complexity index is 1480. The van der Waals surface area contributed by atoms with Crippen LogP contribution in [0.2, 0.25) is 0 Å². The van der Waals surface area contributed by atoms with Gasteiger partial charge >= 0.3 is 16.3 Å². The van der Waals surface area contributed by atoms with Crippen molar-refractivity contribution >= 4 is 50.3 Å². The highest BCUT2D eigenvalue weighted by Gasteiger charge is 2.56. The van der Waals surface area contributed by atoms with Crippen molar-refractivity contribution in [2.45, 2.75) is 62.5 Å². The fraction of sp³-hybridized carbons (Fsp3) is 0.571. The molecule has 0 unspecified atom stereocenters. The van der Waals surface area contributed by atoms with Gasteiger partial charge in [-0.05, 0) is 12.8 Å². The smallest absolute Gasteiger partial charge is 0.362 e. The van der Waals surface area contributed by atoms with Crippen molar-refractivity contribution in [3.63, 3.8) is 0 Å². The minimum Gasteiger partial charge on any atom is -0.478 e. The van der Waals surface area contributed by atoms with Crippen LogP contribution in [0.25, 0.3) is 0 Å². The van der Waals surface area contributed by atoms with Crippen molar-refractivity contribution in [2.24, 2.45) is 10.9 Å². The predicted molar refractivity (Wildman–Crippen MR) is 140 cm³/mol. The van der Waals surface area contributed by atoms with Crippen LogP contribution < -0.4 is 16.8 Å². The molecule has 0 spiro atoms. The lowest BCUT2D eigenvalue weighted by molar-refractivity contribution is -0.153. The zero-order valence-electron chi connectivity index (χ0n) is 21.5. The first-order chi connectivity index (χ1) is 19.4. The van der Waals surface area contributed by atoms with Gasteiger partial charge in [-0.15, -0.1) is 11.3 Å². The molecule has 0 bridgehead atoms. The average molecular weight is 613 g/mol. The van der Waals surface area contributed by atoms with E-state index in [1.807, 2.05) is 0 Å². The molecule has 18 nitrogen and oxygen atoms in total. The number of carbonyl (C=O) groups is 3. The molecule has 222 valence electrons. The number of nitrogens with zero attached hydrogens (tertiary/aromatic N) is 7. The number of nitrogens with two attached hydrogens (primary N) is 2. The number of nitrogen functional groups attached to an aromatic ring is 1. The number of carbonyl (C=O) groups excluding carboxylic acids is 2. The van der Waals surface area contributed by atoms with Crippen LogP contribution in [0.5, 0.6) is 0 Å². The highest BCUT2D eigenvalue weighted by Crippen LogP contribution is 2.40. The number of amides is 2. The van der Waals surface area contributed by atoms with Crippen LogP contribution >= 0.6 is 11.3 Å². The normalized spacial score (nSPS) is 23.2. The number of aliphatic carboxylic acids is 1. The van der Waals surface area contributed by atoms with Gasteiger partial charge in [0.25, 0.3) is 11.8 Å². The average Bonchev–Trinajstić information content (AvgIpc) is 3.38. The number of carboxylic acid groups (broad SMARTS) is 1. The third kappa shape index (κ3) is 6.15. The Hall–Kier alpha value is -3.72. The maximum atomic E-state index is 13.2. The maximum absolute atomic E-state index is 13.2. The van der Waals surface area contributed by atoms with E-state index in [1.165, 1.54) is 16.4 Å². The Morgan fingerprint density at radius 3 is 2.59 bits per heavy atom. The van der Waals surface area contributed by atoms with Gasteiger partial charge in [0.05, 0.1) is 18.4 Å². The number of aromatic nitrogens is 4. The molecule has 0 radical (unpaired) electrons. The fourth-order valence-corrected chi connectivity index (χ4v) is 5.96. The van der Waals surface area contributed by atoms with E-state index in [2.05, 4.69) is 30.6 Å². The topological polar surface area (TPSA) is 262 Å². The van der Waals surface area contributed by atoms with Crippen LogP contribution in [0.3, 0.4) is 0 Å². The molecular formula is C21H28N10O8S2.